The van der Waals surface area contributed by atoms with Crippen molar-refractivity contribution in [3.05, 3.63) is 41.3 Å². The largest absolute Gasteiger partial charge is 0.504 e. The first-order valence-corrected chi connectivity index (χ1v) is 8.27. The van der Waals surface area contributed by atoms with Gasteiger partial charge in [-0.25, -0.2) is 0 Å². The molecule has 0 aliphatic carbocycles. The molecule has 23 heavy (non-hydrogen) atoms. The topological polar surface area (TPSA) is 58.7 Å². The number of rotatable bonds is 6. The number of aromatic nitrogens is 1. The molecule has 1 aliphatic heterocycles. The number of nitrogens with zero attached hydrogens (tertiary/aromatic N) is 2. The SMILES string of the molecule is CCCc1cc([C@@H]2CCCN2Cc2cccc(OC)c2O)no1. The molecule has 5 heteroatoms. The first kappa shape index (κ1) is 15.9. The monoisotopic (exact) mass is 316 g/mol. The lowest BCUT2D eigenvalue weighted by atomic mass is 10.1. The van der Waals surface area contributed by atoms with E-state index in [4.69, 9.17) is 9.26 Å². The Hall–Kier alpha value is -2.01. The highest BCUT2D eigenvalue weighted by Gasteiger charge is 2.29. The van der Waals surface area contributed by atoms with E-state index in [2.05, 4.69) is 23.0 Å². The van der Waals surface area contributed by atoms with Crippen molar-refractivity contribution in [3.8, 4) is 11.5 Å². The highest BCUT2D eigenvalue weighted by atomic mass is 16.5. The maximum absolute atomic E-state index is 10.3. The number of aryl methyl sites for hydroxylation is 1. The van der Waals surface area contributed by atoms with E-state index in [9.17, 15) is 5.11 Å². The number of aromatic hydroxyl groups is 1. The Labute approximate surface area is 136 Å². The highest BCUT2D eigenvalue weighted by Crippen LogP contribution is 2.36. The summed E-state index contributed by atoms with van der Waals surface area (Å²) in [5.41, 5.74) is 1.89. The Morgan fingerprint density at radius 2 is 2.30 bits per heavy atom. The molecule has 1 fully saturated rings. The van der Waals surface area contributed by atoms with Crippen LogP contribution in [0.3, 0.4) is 0 Å². The number of methoxy groups -OCH3 is 1. The van der Waals surface area contributed by atoms with Gasteiger partial charge >= 0.3 is 0 Å². The van der Waals surface area contributed by atoms with Crippen LogP contribution in [0.15, 0.2) is 28.8 Å². The van der Waals surface area contributed by atoms with E-state index in [0.717, 1.165) is 49.2 Å². The van der Waals surface area contributed by atoms with Crippen LogP contribution < -0.4 is 4.74 Å². The number of ether oxygens (including phenoxy) is 1. The molecule has 1 aliphatic rings. The van der Waals surface area contributed by atoms with Crippen molar-refractivity contribution in [1.29, 1.82) is 0 Å². The molecule has 1 saturated heterocycles. The molecule has 0 spiro atoms. The molecule has 124 valence electrons. The first-order chi connectivity index (χ1) is 11.2. The van der Waals surface area contributed by atoms with Crippen molar-refractivity contribution < 1.29 is 14.4 Å². The second kappa shape index (κ2) is 7.04. The number of hydrogen-bond acceptors (Lipinski definition) is 5. The summed E-state index contributed by atoms with van der Waals surface area (Å²) in [5, 5.41) is 14.6. The second-order valence-electron chi connectivity index (χ2n) is 6.06. The lowest BCUT2D eigenvalue weighted by Crippen LogP contribution is -2.23. The molecule has 2 aromatic rings. The Balaban J connectivity index is 1.76. The van der Waals surface area contributed by atoms with Gasteiger partial charge in [-0.3, -0.25) is 4.90 Å². The Bertz CT molecular complexity index is 653. The normalized spacial score (nSPS) is 18.4. The molecule has 3 rings (SSSR count). The van der Waals surface area contributed by atoms with Crippen LogP contribution in [0.1, 0.15) is 49.2 Å². The standard InChI is InChI=1S/C18H24N2O3/c1-3-6-14-11-15(19-23-14)16-8-5-10-20(16)12-13-7-4-9-17(22-2)18(13)21/h4,7,9,11,16,21H,3,5-6,8,10,12H2,1-2H3/t16-/m0/s1. The number of para-hydroxylation sites is 1. The van der Waals surface area contributed by atoms with Crippen LogP contribution in [0.2, 0.25) is 0 Å². The zero-order valence-corrected chi connectivity index (χ0v) is 13.8. The fourth-order valence-electron chi connectivity index (χ4n) is 3.28. The van der Waals surface area contributed by atoms with E-state index in [-0.39, 0.29) is 11.8 Å². The minimum atomic E-state index is 0.229. The van der Waals surface area contributed by atoms with Crippen molar-refractivity contribution in [2.45, 2.75) is 45.2 Å². The third-order valence-electron chi connectivity index (χ3n) is 4.45. The van der Waals surface area contributed by atoms with Gasteiger partial charge in [-0.15, -0.1) is 0 Å². The number of likely N-dealkylation sites (tertiary alicyclic amines) is 1. The Morgan fingerprint density at radius 1 is 1.43 bits per heavy atom. The van der Waals surface area contributed by atoms with Crippen LogP contribution in [0.5, 0.6) is 11.5 Å². The van der Waals surface area contributed by atoms with Crippen molar-refractivity contribution in [3.63, 3.8) is 0 Å². The predicted molar refractivity (Wildman–Crippen MR) is 87.5 cm³/mol. The minimum absolute atomic E-state index is 0.229. The van der Waals surface area contributed by atoms with Gasteiger partial charge in [0, 0.05) is 24.6 Å². The van der Waals surface area contributed by atoms with Gasteiger partial charge in [-0.1, -0.05) is 24.2 Å². The van der Waals surface area contributed by atoms with E-state index < -0.39 is 0 Å². The third-order valence-corrected chi connectivity index (χ3v) is 4.45. The van der Waals surface area contributed by atoms with Gasteiger partial charge < -0.3 is 14.4 Å². The molecule has 0 saturated carbocycles. The molecule has 0 unspecified atom stereocenters. The van der Waals surface area contributed by atoms with Crippen molar-refractivity contribution >= 4 is 0 Å². The van der Waals surface area contributed by atoms with Crippen LogP contribution in [0.25, 0.3) is 0 Å². The zero-order valence-electron chi connectivity index (χ0n) is 13.8. The molecule has 0 bridgehead atoms. The lowest BCUT2D eigenvalue weighted by Gasteiger charge is -2.23. The summed E-state index contributed by atoms with van der Waals surface area (Å²) in [7, 11) is 1.57. The average molecular weight is 316 g/mol. The molecule has 1 aromatic heterocycles. The summed E-state index contributed by atoms with van der Waals surface area (Å²) >= 11 is 0. The molecule has 2 heterocycles. The maximum atomic E-state index is 10.3. The lowest BCUT2D eigenvalue weighted by molar-refractivity contribution is 0.232. The maximum Gasteiger partial charge on any atom is 0.162 e. The molecule has 1 atom stereocenters. The molecule has 1 N–H and O–H groups in total. The first-order valence-electron chi connectivity index (χ1n) is 8.27. The molecule has 0 radical (unpaired) electrons. The summed E-state index contributed by atoms with van der Waals surface area (Å²) < 4.78 is 10.6. The molecule has 0 amide bonds. The summed E-state index contributed by atoms with van der Waals surface area (Å²) in [5.74, 6) is 1.70. The van der Waals surface area contributed by atoms with Gasteiger partial charge in [-0.2, -0.15) is 0 Å². The van der Waals surface area contributed by atoms with Gasteiger partial charge in [0.2, 0.25) is 0 Å². The smallest absolute Gasteiger partial charge is 0.162 e. The van der Waals surface area contributed by atoms with Gasteiger partial charge in [0.15, 0.2) is 11.5 Å². The van der Waals surface area contributed by atoms with Gasteiger partial charge in [0.25, 0.3) is 0 Å². The van der Waals surface area contributed by atoms with E-state index in [1.165, 1.54) is 0 Å². The van der Waals surface area contributed by atoms with Crippen molar-refractivity contribution in [2.75, 3.05) is 13.7 Å². The Morgan fingerprint density at radius 3 is 3.09 bits per heavy atom. The molecular formula is C18H24N2O3. The number of phenolic OH excluding ortho intramolecular Hbond substituents is 1. The van der Waals surface area contributed by atoms with E-state index >= 15 is 0 Å². The summed E-state index contributed by atoms with van der Waals surface area (Å²) in [6.45, 7) is 3.82. The summed E-state index contributed by atoms with van der Waals surface area (Å²) in [4.78, 5) is 2.35. The van der Waals surface area contributed by atoms with Crippen LogP contribution >= 0.6 is 0 Å². The highest BCUT2D eigenvalue weighted by molar-refractivity contribution is 5.45. The van der Waals surface area contributed by atoms with Gasteiger partial charge in [0.1, 0.15) is 11.5 Å². The quantitative estimate of drug-likeness (QED) is 0.881. The fourth-order valence-corrected chi connectivity index (χ4v) is 3.28. The predicted octanol–water partition coefficient (Wildman–Crippen LogP) is 3.68. The average Bonchev–Trinajstić information content (AvgIpc) is 3.19. The van der Waals surface area contributed by atoms with Crippen molar-refractivity contribution in [1.82, 2.24) is 10.1 Å². The molecule has 1 aromatic carbocycles. The number of phenols is 1. The summed E-state index contributed by atoms with van der Waals surface area (Å²) in [6.07, 6.45) is 4.19. The Kier molecular flexibility index (Phi) is 4.86. The van der Waals surface area contributed by atoms with E-state index in [1.807, 2.05) is 12.1 Å². The van der Waals surface area contributed by atoms with Crippen LogP contribution in [0, 0.1) is 0 Å². The zero-order chi connectivity index (χ0) is 16.2. The van der Waals surface area contributed by atoms with Crippen LogP contribution in [0.4, 0.5) is 0 Å². The van der Waals surface area contributed by atoms with Gasteiger partial charge in [0.05, 0.1) is 13.2 Å². The van der Waals surface area contributed by atoms with E-state index in [0.29, 0.717) is 12.3 Å². The van der Waals surface area contributed by atoms with Gasteiger partial charge in [-0.05, 0) is 31.9 Å². The summed E-state index contributed by atoms with van der Waals surface area (Å²) in [6, 6.07) is 7.97. The number of benzene rings is 1. The second-order valence-corrected chi connectivity index (χ2v) is 6.06. The molecular weight excluding hydrogens is 292 g/mol. The number of hydrogen-bond donors (Lipinski definition) is 1. The van der Waals surface area contributed by atoms with E-state index in [1.54, 1.807) is 13.2 Å². The minimum Gasteiger partial charge on any atom is -0.504 e. The van der Waals surface area contributed by atoms with Crippen LogP contribution in [-0.2, 0) is 13.0 Å². The fraction of sp³-hybridized carbons (Fsp3) is 0.500. The van der Waals surface area contributed by atoms with Crippen molar-refractivity contribution in [2.24, 2.45) is 0 Å². The molecule has 5 nitrogen and oxygen atoms in total. The van der Waals surface area contributed by atoms with Crippen LogP contribution in [-0.4, -0.2) is 28.8 Å². The third kappa shape index (κ3) is 3.34.